The number of rotatable bonds is 5. The summed E-state index contributed by atoms with van der Waals surface area (Å²) in [5.74, 6) is 3.21. The minimum Gasteiger partial charge on any atom is -0.335 e. The van der Waals surface area contributed by atoms with Crippen LogP contribution >= 0.6 is 34.7 Å². The van der Waals surface area contributed by atoms with Crippen LogP contribution in [-0.2, 0) is 17.5 Å². The SMILES string of the molecule is Nn1c(SCC(=O)N=c2sccn2Cc2ccccc2Cl)nnc1C(F)(F)F. The lowest BCUT2D eigenvalue weighted by Gasteiger charge is -2.05. The number of halogens is 4. The molecule has 1 amide bonds. The van der Waals surface area contributed by atoms with Crippen LogP contribution in [0.3, 0.4) is 0 Å². The maximum atomic E-state index is 12.7. The van der Waals surface area contributed by atoms with Crippen molar-refractivity contribution in [2.24, 2.45) is 4.99 Å². The Morgan fingerprint density at radius 1 is 1.32 bits per heavy atom. The van der Waals surface area contributed by atoms with Crippen LogP contribution in [-0.4, -0.2) is 31.1 Å². The molecule has 0 spiro atoms. The van der Waals surface area contributed by atoms with Gasteiger partial charge in [0.2, 0.25) is 5.16 Å². The van der Waals surface area contributed by atoms with Crippen molar-refractivity contribution in [1.82, 2.24) is 19.4 Å². The van der Waals surface area contributed by atoms with E-state index >= 15 is 0 Å². The Bertz CT molecular complexity index is 1060. The van der Waals surface area contributed by atoms with Crippen LogP contribution in [0.2, 0.25) is 5.02 Å². The topological polar surface area (TPSA) is 91.1 Å². The lowest BCUT2D eigenvalue weighted by molar-refractivity contribution is -0.146. The van der Waals surface area contributed by atoms with Crippen LogP contribution < -0.4 is 10.6 Å². The number of thiazole rings is 1. The summed E-state index contributed by atoms with van der Waals surface area (Å²) in [7, 11) is 0. The summed E-state index contributed by atoms with van der Waals surface area (Å²) in [6.07, 6.45) is -2.96. The Kier molecular flexibility index (Phi) is 6.10. The van der Waals surface area contributed by atoms with Gasteiger partial charge >= 0.3 is 6.18 Å². The van der Waals surface area contributed by atoms with Crippen LogP contribution in [0.25, 0.3) is 0 Å². The number of nitrogens with zero attached hydrogens (tertiary/aromatic N) is 5. The van der Waals surface area contributed by atoms with Crippen LogP contribution in [0, 0.1) is 0 Å². The number of amides is 1. The third-order valence-corrected chi connectivity index (χ3v) is 5.51. The molecule has 0 saturated heterocycles. The number of thioether (sulfide) groups is 1. The number of nitrogens with two attached hydrogens (primary N) is 1. The van der Waals surface area contributed by atoms with Gasteiger partial charge in [-0.25, -0.2) is 4.68 Å². The highest BCUT2D eigenvalue weighted by atomic mass is 35.5. The minimum atomic E-state index is -4.73. The molecule has 1 aromatic carbocycles. The molecule has 2 aromatic heterocycles. The summed E-state index contributed by atoms with van der Waals surface area (Å²) in [6, 6.07) is 7.29. The van der Waals surface area contributed by atoms with Crippen LogP contribution in [0.4, 0.5) is 13.2 Å². The Morgan fingerprint density at radius 2 is 2.07 bits per heavy atom. The van der Waals surface area contributed by atoms with E-state index in [-0.39, 0.29) is 10.9 Å². The molecule has 3 rings (SSSR count). The van der Waals surface area contributed by atoms with E-state index in [1.54, 1.807) is 22.2 Å². The van der Waals surface area contributed by atoms with Gasteiger partial charge in [-0.3, -0.25) is 4.79 Å². The maximum Gasteiger partial charge on any atom is 0.453 e. The fourth-order valence-electron chi connectivity index (χ4n) is 2.15. The first-order valence-electron chi connectivity index (χ1n) is 7.61. The van der Waals surface area contributed by atoms with Crippen LogP contribution in [0.1, 0.15) is 11.4 Å². The standard InChI is InChI=1S/C15H12ClF3N6OS2/c16-10-4-2-1-3-9(10)7-24-5-6-27-13(24)21-11(26)8-28-14-23-22-12(25(14)20)15(17,18)19/h1-6H,7-8,20H2. The van der Waals surface area contributed by atoms with Crippen LogP contribution in [0.5, 0.6) is 0 Å². The number of nitrogen functional groups attached to an aromatic ring is 1. The van der Waals surface area contributed by atoms with E-state index in [4.69, 9.17) is 17.4 Å². The molecular formula is C15H12ClF3N6OS2. The molecule has 13 heteroatoms. The maximum absolute atomic E-state index is 12.7. The molecule has 2 N–H and O–H groups in total. The van der Waals surface area contributed by atoms with Crippen molar-refractivity contribution >= 4 is 40.6 Å². The summed E-state index contributed by atoms with van der Waals surface area (Å²) in [5.41, 5.74) is 0.863. The van der Waals surface area contributed by atoms with E-state index in [2.05, 4.69) is 15.2 Å². The number of alkyl halides is 3. The minimum absolute atomic E-state index is 0.231. The molecule has 0 atom stereocenters. The zero-order valence-electron chi connectivity index (χ0n) is 13.9. The molecule has 0 aliphatic carbocycles. The monoisotopic (exact) mass is 448 g/mol. The number of hydrogen-bond acceptors (Lipinski definition) is 6. The molecule has 0 bridgehead atoms. The highest BCUT2D eigenvalue weighted by Gasteiger charge is 2.38. The van der Waals surface area contributed by atoms with Crippen molar-refractivity contribution in [3.8, 4) is 0 Å². The highest BCUT2D eigenvalue weighted by molar-refractivity contribution is 7.99. The van der Waals surface area contributed by atoms with Gasteiger partial charge in [0, 0.05) is 16.6 Å². The molecule has 0 saturated carbocycles. The predicted molar refractivity (Wildman–Crippen MR) is 99.3 cm³/mol. The molecule has 2 heterocycles. The summed E-state index contributed by atoms with van der Waals surface area (Å²) < 4.78 is 40.0. The van der Waals surface area contributed by atoms with Gasteiger partial charge in [-0.15, -0.1) is 21.5 Å². The first-order chi connectivity index (χ1) is 13.3. The van der Waals surface area contributed by atoms with Crippen molar-refractivity contribution in [2.75, 3.05) is 11.6 Å². The third kappa shape index (κ3) is 4.75. The van der Waals surface area contributed by atoms with Crippen molar-refractivity contribution in [3.05, 3.63) is 57.1 Å². The van der Waals surface area contributed by atoms with Crippen molar-refractivity contribution in [3.63, 3.8) is 0 Å². The normalized spacial score (nSPS) is 12.5. The Balaban J connectivity index is 1.70. The van der Waals surface area contributed by atoms with Gasteiger partial charge in [0.25, 0.3) is 11.7 Å². The molecule has 0 radical (unpaired) electrons. The quantitative estimate of drug-likeness (QED) is 0.478. The van der Waals surface area contributed by atoms with Crippen molar-refractivity contribution < 1.29 is 18.0 Å². The molecule has 0 aliphatic heterocycles. The van der Waals surface area contributed by atoms with Crippen molar-refractivity contribution in [1.29, 1.82) is 0 Å². The third-order valence-electron chi connectivity index (χ3n) is 3.42. The number of benzene rings is 1. The molecule has 0 fully saturated rings. The Hall–Kier alpha value is -2.31. The van der Waals surface area contributed by atoms with Gasteiger partial charge < -0.3 is 10.4 Å². The van der Waals surface area contributed by atoms with E-state index in [1.807, 2.05) is 18.2 Å². The van der Waals surface area contributed by atoms with E-state index in [0.717, 1.165) is 17.3 Å². The second-order valence-corrected chi connectivity index (χ2v) is 7.60. The summed E-state index contributed by atoms with van der Waals surface area (Å²) >= 11 is 8.12. The number of carbonyl (C=O) groups is 1. The fourth-order valence-corrected chi connectivity index (χ4v) is 3.73. The molecular weight excluding hydrogens is 437 g/mol. The first-order valence-corrected chi connectivity index (χ1v) is 9.85. The second-order valence-electron chi connectivity index (χ2n) is 5.37. The van der Waals surface area contributed by atoms with Gasteiger partial charge in [-0.05, 0) is 11.6 Å². The number of hydrogen-bond donors (Lipinski definition) is 1. The molecule has 28 heavy (non-hydrogen) atoms. The smallest absolute Gasteiger partial charge is 0.335 e. The zero-order chi connectivity index (χ0) is 20.3. The van der Waals surface area contributed by atoms with Gasteiger partial charge in [-0.2, -0.15) is 18.2 Å². The van der Waals surface area contributed by atoms with Gasteiger partial charge in [0.15, 0.2) is 4.80 Å². The molecule has 148 valence electrons. The van der Waals surface area contributed by atoms with Gasteiger partial charge in [0.05, 0.1) is 12.3 Å². The van der Waals surface area contributed by atoms with E-state index in [0.29, 0.717) is 21.0 Å². The highest BCUT2D eigenvalue weighted by Crippen LogP contribution is 2.28. The molecule has 7 nitrogen and oxygen atoms in total. The number of carbonyl (C=O) groups excluding carboxylic acids is 1. The molecule has 0 unspecified atom stereocenters. The Morgan fingerprint density at radius 3 is 2.75 bits per heavy atom. The fraction of sp³-hybridized carbons (Fsp3) is 0.200. The van der Waals surface area contributed by atoms with Gasteiger partial charge in [-0.1, -0.05) is 41.6 Å². The summed E-state index contributed by atoms with van der Waals surface area (Å²) in [5, 5.41) is 8.48. The zero-order valence-corrected chi connectivity index (χ0v) is 16.3. The predicted octanol–water partition coefficient (Wildman–Crippen LogP) is 2.80. The van der Waals surface area contributed by atoms with Crippen molar-refractivity contribution in [2.45, 2.75) is 17.9 Å². The van der Waals surface area contributed by atoms with E-state index in [9.17, 15) is 18.0 Å². The Labute approximate surface area is 169 Å². The molecule has 3 aromatic rings. The van der Waals surface area contributed by atoms with Crippen LogP contribution in [0.15, 0.2) is 46.0 Å². The number of aromatic nitrogens is 4. The second kappa shape index (κ2) is 8.37. The first kappa shape index (κ1) is 20.4. The lowest BCUT2D eigenvalue weighted by Crippen LogP contribution is -2.21. The average molecular weight is 449 g/mol. The summed E-state index contributed by atoms with van der Waals surface area (Å²) in [6.45, 7) is 0.425. The lowest BCUT2D eigenvalue weighted by atomic mass is 10.2. The van der Waals surface area contributed by atoms with E-state index in [1.165, 1.54) is 11.3 Å². The van der Waals surface area contributed by atoms with E-state index < -0.39 is 17.9 Å². The largest absolute Gasteiger partial charge is 0.453 e. The molecule has 0 aliphatic rings. The average Bonchev–Trinajstić information content (AvgIpc) is 3.21. The summed E-state index contributed by atoms with van der Waals surface area (Å²) in [4.78, 5) is 16.6. The van der Waals surface area contributed by atoms with Gasteiger partial charge in [0.1, 0.15) is 0 Å².